The molecule has 5 aliphatic carbocycles. The van der Waals surface area contributed by atoms with Crippen LogP contribution in [0.25, 0.3) is 128 Å². The van der Waals surface area contributed by atoms with E-state index in [1.165, 1.54) is 141 Å². The highest BCUT2D eigenvalue weighted by molar-refractivity contribution is 7.23. The molecule has 4 aliphatic heterocycles. The second-order valence-electron chi connectivity index (χ2n) is 45.8. The number of amides is 1. The highest BCUT2D eigenvalue weighted by Crippen LogP contribution is 2.54. The number of piperidine rings is 3. The lowest BCUT2D eigenvalue weighted by Crippen LogP contribution is -2.62. The molecule has 24 nitrogen and oxygen atoms in total. The molecular formula is C120H134Cl3N13O11S3. The predicted molar refractivity (Wildman–Crippen MR) is 602 cm³/mol. The molecule has 0 radical (unpaired) electrons. The van der Waals surface area contributed by atoms with Gasteiger partial charge >= 0.3 is 24.0 Å². The van der Waals surface area contributed by atoms with E-state index in [9.17, 15) is 29.4 Å². The third-order valence-corrected chi connectivity index (χ3v) is 35.9. The smallest absolute Gasteiger partial charge is 0.409 e. The van der Waals surface area contributed by atoms with E-state index in [-0.39, 0.29) is 12.7 Å². The van der Waals surface area contributed by atoms with E-state index in [1.54, 1.807) is 38.9 Å². The largest absolute Gasteiger partial charge is 0.479 e. The zero-order chi connectivity index (χ0) is 105. The Labute approximate surface area is 903 Å². The minimum atomic E-state index is -1.17. The molecule has 150 heavy (non-hydrogen) atoms. The molecule has 9 aliphatic rings. The number of aryl methyl sites for hydroxylation is 3. The Bertz CT molecular complexity index is 7650. The Kier molecular flexibility index (Phi) is 29.0. The summed E-state index contributed by atoms with van der Waals surface area (Å²) in [7, 11) is 1.44. The topological polar surface area (TPSA) is 260 Å². The average molecular weight is 2140 g/mol. The summed E-state index contributed by atoms with van der Waals surface area (Å²) in [5, 5.41) is 45.2. The lowest BCUT2D eigenvalue weighted by Gasteiger charge is -2.46. The summed E-state index contributed by atoms with van der Waals surface area (Å²) in [6.45, 7) is 33.3. The summed E-state index contributed by atoms with van der Waals surface area (Å²) in [5.41, 5.74) is 21.0. The van der Waals surface area contributed by atoms with Crippen molar-refractivity contribution in [2.75, 3.05) is 66.1 Å². The number of rotatable bonds is 25. The molecule has 4 saturated heterocycles. The molecule has 15 aromatic rings. The van der Waals surface area contributed by atoms with Crippen molar-refractivity contribution in [3.63, 3.8) is 0 Å². The standard InChI is InChI=1S/C41H47ClN4O3S.C40H44ClN5O5S.C39H43ClN4O3S/c1-6-48-40(47)37(49-41(3,4)5)34-24(2)22-32-38(35(34)25-10-13-28(42)14-11-25)50-39(43-32)27-12-17-33-31(23-27)36(44-46(33)30-15-16-30)26-18-20-45(21-19-26)29-8-7-9-29;1-22-18-30-36(33(23-6-9-26(41)10-7-23)32(22)35(38(47)48)51-40(2,3)4)52-37(42-30)25-8-13-31-29(19-25)34(43-46(31)27-11-12-27)24-14-16-44(17-15-24)28-20-45(21-28)39(49)50-5;1-22-20-30-36(33(23-8-11-26(40)12-9-23)32(22)35(38(45)46)47-39(2,3)4)48-37(41-30)25-10-15-31-29(21-25)34(42-44(31)28-13-14-28)24-16-18-43(19-17-24)27-6-5-7-27/h10-14,17,22-23,26,29-30,37H,6-9,15-16,18-21H2,1-5H3;6-10,13,18-19,24,27-28,35H,11-12,14-17,20-21H2,1-5H3,(H,47,48);8-12,15,20-21,24,27-28,35H,5-7,13-14,16-19H2,1-4H3,(H,45,46)/t37-;2*35-/m000/s1. The number of halogens is 3. The molecule has 10 heterocycles. The first kappa shape index (κ1) is 104. The maximum Gasteiger partial charge on any atom is 0.409 e. The minimum Gasteiger partial charge on any atom is -0.479 e. The monoisotopic (exact) mass is 2130 g/mol. The summed E-state index contributed by atoms with van der Waals surface area (Å²) in [5.74, 6) is -1.16. The molecular weight excluding hydrogens is 2000 g/mol. The Balaban J connectivity index is 0.000000127. The quantitative estimate of drug-likeness (QED) is 0.0504. The van der Waals surface area contributed by atoms with Crippen LogP contribution in [0.15, 0.2) is 146 Å². The maximum atomic E-state index is 13.6. The molecule has 24 rings (SSSR count). The zero-order valence-corrected chi connectivity index (χ0v) is 92.8. The van der Waals surface area contributed by atoms with Crippen LogP contribution in [-0.2, 0) is 38.1 Å². The number of thiazole rings is 3. The van der Waals surface area contributed by atoms with Crippen molar-refractivity contribution >= 4 is 156 Å². The number of benzene rings is 9. The molecule has 30 heteroatoms. The van der Waals surface area contributed by atoms with Crippen molar-refractivity contribution in [2.24, 2.45) is 0 Å². The van der Waals surface area contributed by atoms with Crippen molar-refractivity contribution in [2.45, 2.75) is 295 Å². The number of hydrogen-bond acceptors (Lipinski definition) is 21. The Morgan fingerprint density at radius 1 is 0.380 bits per heavy atom. The van der Waals surface area contributed by atoms with Gasteiger partial charge in [-0.15, -0.1) is 34.0 Å². The van der Waals surface area contributed by atoms with Crippen molar-refractivity contribution in [1.82, 2.24) is 63.9 Å². The van der Waals surface area contributed by atoms with E-state index in [2.05, 4.69) is 89.4 Å². The van der Waals surface area contributed by atoms with Crippen LogP contribution in [0.3, 0.4) is 0 Å². The third-order valence-electron chi connectivity index (χ3n) is 31.7. The zero-order valence-electron chi connectivity index (χ0n) is 88.1. The number of ether oxygens (including phenoxy) is 5. The van der Waals surface area contributed by atoms with Crippen molar-refractivity contribution in [3.05, 3.63) is 211 Å². The highest BCUT2D eigenvalue weighted by atomic mass is 35.5. The minimum absolute atomic E-state index is 0.247. The van der Waals surface area contributed by atoms with Gasteiger partial charge in [-0.2, -0.15) is 15.3 Å². The first-order valence-corrected chi connectivity index (χ1v) is 57.5. The van der Waals surface area contributed by atoms with Gasteiger partial charge in [0.1, 0.15) is 15.0 Å². The van der Waals surface area contributed by atoms with Gasteiger partial charge < -0.3 is 48.6 Å². The number of esters is 1. The summed E-state index contributed by atoms with van der Waals surface area (Å²) < 4.78 is 39.1. The summed E-state index contributed by atoms with van der Waals surface area (Å²) in [6, 6.07) is 52.7. The highest BCUT2D eigenvalue weighted by Gasteiger charge is 2.44. The number of aliphatic carboxylic acids is 2. The van der Waals surface area contributed by atoms with Crippen LogP contribution in [0.1, 0.15) is 289 Å². The van der Waals surface area contributed by atoms with Crippen molar-refractivity contribution in [1.29, 1.82) is 0 Å². The SMILES string of the molecule is CCOC(=O)[C@@H](OC(C)(C)C)c1c(C)cc2nc(-c3ccc4c(c3)c(C3CCN(C5CCC5)CC3)nn4C3CC3)sc2c1-c1ccc(Cl)cc1.COC(=O)N1CC(N2CCC(c3nn(C4CC4)c4ccc(-c5nc6cc(C)c([C@H](OC(C)(C)C)C(=O)O)c(-c7ccc(Cl)cc7)c6s5)cc34)CC2)C1.Cc1cc2nc(-c3ccc4c(c3)c(C3CCN(C5CCC5)CC3)nn4C3CC3)sc2c(-c2ccc(Cl)cc2)c1[C@H](OC(C)(C)C)C(=O)O. The first-order chi connectivity index (χ1) is 72.0. The van der Waals surface area contributed by atoms with Crippen LogP contribution in [-0.4, -0.2) is 199 Å². The molecule has 9 aromatic carbocycles. The first-order valence-electron chi connectivity index (χ1n) is 53.9. The van der Waals surface area contributed by atoms with Crippen LogP contribution >= 0.6 is 68.8 Å². The van der Waals surface area contributed by atoms with E-state index >= 15 is 0 Å². The van der Waals surface area contributed by atoms with Crippen LogP contribution < -0.4 is 0 Å². The van der Waals surface area contributed by atoms with Crippen LogP contribution in [0, 0.1) is 20.8 Å². The normalized spacial score (nSPS) is 18.5. The Morgan fingerprint density at radius 2 is 0.667 bits per heavy atom. The molecule has 2 N–H and O–H groups in total. The van der Waals surface area contributed by atoms with Crippen LogP contribution in [0.5, 0.6) is 0 Å². The molecule has 0 bridgehead atoms. The fourth-order valence-electron chi connectivity index (χ4n) is 23.4. The van der Waals surface area contributed by atoms with Gasteiger partial charge in [0, 0.05) is 130 Å². The van der Waals surface area contributed by atoms with E-state index in [0.717, 1.165) is 214 Å². The number of fused-ring (bicyclic) bond motifs is 6. The maximum absolute atomic E-state index is 13.6. The van der Waals surface area contributed by atoms with Gasteiger partial charge in [-0.05, 0) is 375 Å². The third kappa shape index (κ3) is 21.4. The lowest BCUT2D eigenvalue weighted by atomic mass is 9.86. The molecule has 5 saturated carbocycles. The van der Waals surface area contributed by atoms with E-state index < -0.39 is 53.0 Å². The fraction of sp³-hybridized carbons (Fsp3) is 0.467. The number of carboxylic acid groups (broad SMARTS) is 2. The number of likely N-dealkylation sites (tertiary alicyclic amines) is 4. The molecule has 9 fully saturated rings. The average Bonchev–Trinajstić information content (AvgIpc) is 1.57. The molecule has 0 unspecified atom stereocenters. The van der Waals surface area contributed by atoms with E-state index in [4.69, 9.17) is 88.7 Å². The predicted octanol–water partition coefficient (Wildman–Crippen LogP) is 29.2. The number of carbonyl (C=O) groups is 4. The molecule has 784 valence electrons. The fourth-order valence-corrected chi connectivity index (χ4v) is 27.1. The van der Waals surface area contributed by atoms with E-state index in [1.807, 2.05) is 175 Å². The lowest BCUT2D eigenvalue weighted by molar-refractivity contribution is -0.166. The van der Waals surface area contributed by atoms with Gasteiger partial charge in [0.2, 0.25) is 0 Å². The van der Waals surface area contributed by atoms with Crippen molar-refractivity contribution < 1.29 is 53.1 Å². The number of hydrogen-bond donors (Lipinski definition) is 2. The van der Waals surface area contributed by atoms with E-state index in [0.29, 0.717) is 68.1 Å². The number of aromatic nitrogens is 9. The number of carboxylic acids is 2. The van der Waals surface area contributed by atoms with Gasteiger partial charge in [0.05, 0.1) is 113 Å². The van der Waals surface area contributed by atoms with Gasteiger partial charge in [-0.1, -0.05) is 84.0 Å². The Morgan fingerprint density at radius 3 is 0.933 bits per heavy atom. The molecule has 6 aromatic heterocycles. The molecule has 0 spiro atoms. The van der Waals surface area contributed by atoms with Crippen molar-refractivity contribution in [3.8, 4) is 65.1 Å². The van der Waals surface area contributed by atoms with Gasteiger partial charge in [-0.25, -0.2) is 34.1 Å². The number of nitrogens with zero attached hydrogens (tertiary/aromatic N) is 13. The summed E-state index contributed by atoms with van der Waals surface area (Å²) in [4.78, 5) is 76.4. The molecule has 3 atom stereocenters. The summed E-state index contributed by atoms with van der Waals surface area (Å²) in [6.07, 6.45) is 18.5. The molecule has 1 amide bonds. The Hall–Kier alpha value is -10.6. The van der Waals surface area contributed by atoms with Gasteiger partial charge in [-0.3, -0.25) is 18.9 Å². The van der Waals surface area contributed by atoms with Crippen LogP contribution in [0.4, 0.5) is 4.79 Å². The summed E-state index contributed by atoms with van der Waals surface area (Å²) >= 11 is 23.8. The van der Waals surface area contributed by atoms with Crippen LogP contribution in [0.2, 0.25) is 15.1 Å². The second-order valence-corrected chi connectivity index (χ2v) is 50.1. The van der Waals surface area contributed by atoms with Gasteiger partial charge in [0.15, 0.2) is 18.3 Å². The number of carbonyl (C=O) groups excluding carboxylic acids is 2. The second kappa shape index (κ2) is 42.0. The number of methoxy groups -OCH3 is 1. The van der Waals surface area contributed by atoms with Gasteiger partial charge in [0.25, 0.3) is 0 Å².